The average Bonchev–Trinajstić information content (AvgIpc) is 2.40. The number of hydrogen-bond donors (Lipinski definition) is 3. The van der Waals surface area contributed by atoms with E-state index in [2.05, 4.69) is 26.4 Å². The van der Waals surface area contributed by atoms with Gasteiger partial charge in [-0.05, 0) is 37.5 Å². The van der Waals surface area contributed by atoms with Gasteiger partial charge in [0.25, 0.3) is 5.91 Å². The van der Waals surface area contributed by atoms with Gasteiger partial charge < -0.3 is 16.3 Å². The number of carbonyl (C=O) groups excluding carboxylic acids is 1. The number of amidine groups is 1. The average molecular weight is 328 g/mol. The molecule has 0 aromatic heterocycles. The Morgan fingerprint density at radius 2 is 2.21 bits per heavy atom. The molecular weight excluding hydrogens is 310 g/mol. The molecule has 19 heavy (non-hydrogen) atoms. The number of oxime groups is 1. The van der Waals surface area contributed by atoms with Gasteiger partial charge in [0, 0.05) is 23.0 Å². The van der Waals surface area contributed by atoms with E-state index in [4.69, 9.17) is 10.9 Å². The Morgan fingerprint density at radius 3 is 2.89 bits per heavy atom. The van der Waals surface area contributed by atoms with Gasteiger partial charge in [-0.25, -0.2) is 0 Å². The first-order chi connectivity index (χ1) is 9.04. The lowest BCUT2D eigenvalue weighted by Gasteiger charge is -2.08. The van der Waals surface area contributed by atoms with E-state index in [1.54, 1.807) is 6.07 Å². The van der Waals surface area contributed by atoms with Gasteiger partial charge in [-0.15, -0.1) is 0 Å². The van der Waals surface area contributed by atoms with Crippen molar-refractivity contribution in [2.75, 3.05) is 6.54 Å². The summed E-state index contributed by atoms with van der Waals surface area (Å²) >= 11 is 3.35. The van der Waals surface area contributed by atoms with Crippen molar-refractivity contribution in [2.45, 2.75) is 26.2 Å². The highest BCUT2D eigenvalue weighted by Crippen LogP contribution is 2.15. The predicted molar refractivity (Wildman–Crippen MR) is 78.5 cm³/mol. The van der Waals surface area contributed by atoms with E-state index in [-0.39, 0.29) is 11.7 Å². The lowest BCUT2D eigenvalue weighted by atomic mass is 10.1. The van der Waals surface area contributed by atoms with E-state index in [1.165, 1.54) is 0 Å². The molecule has 6 heteroatoms. The van der Waals surface area contributed by atoms with Crippen LogP contribution in [0.15, 0.2) is 27.8 Å². The van der Waals surface area contributed by atoms with Crippen molar-refractivity contribution in [1.29, 1.82) is 0 Å². The maximum Gasteiger partial charge on any atom is 0.251 e. The molecule has 1 aromatic carbocycles. The van der Waals surface area contributed by atoms with Crippen LogP contribution in [0.1, 0.15) is 35.2 Å². The number of amides is 1. The van der Waals surface area contributed by atoms with Gasteiger partial charge >= 0.3 is 0 Å². The van der Waals surface area contributed by atoms with Gasteiger partial charge in [0.15, 0.2) is 0 Å². The third kappa shape index (κ3) is 5.30. The van der Waals surface area contributed by atoms with Crippen molar-refractivity contribution in [3.05, 3.63) is 33.8 Å². The van der Waals surface area contributed by atoms with Crippen molar-refractivity contribution in [1.82, 2.24) is 5.32 Å². The molecule has 0 aliphatic carbocycles. The molecule has 0 spiro atoms. The standard InChI is InChI=1S/C13H18BrN3O2/c1-9-5-6-10(14)8-11(9)13(18)16-7-3-2-4-12(15)17-19/h5-6,8,19H,2-4,7H2,1H3,(H2,15,17)(H,16,18). The molecule has 0 heterocycles. The Kier molecular flexibility index (Phi) is 6.35. The minimum Gasteiger partial charge on any atom is -0.409 e. The third-order valence-corrected chi connectivity index (χ3v) is 3.21. The van der Waals surface area contributed by atoms with Crippen LogP contribution in [0.2, 0.25) is 0 Å². The van der Waals surface area contributed by atoms with E-state index in [9.17, 15) is 4.79 Å². The van der Waals surface area contributed by atoms with Gasteiger partial charge in [-0.3, -0.25) is 4.79 Å². The Balaban J connectivity index is 2.37. The Bertz CT molecular complexity index is 475. The molecule has 0 aliphatic rings. The second kappa shape index (κ2) is 7.78. The second-order valence-electron chi connectivity index (χ2n) is 4.26. The third-order valence-electron chi connectivity index (χ3n) is 2.72. The zero-order valence-electron chi connectivity index (χ0n) is 10.8. The van der Waals surface area contributed by atoms with Crippen LogP contribution in [-0.4, -0.2) is 23.5 Å². The highest BCUT2D eigenvalue weighted by molar-refractivity contribution is 9.10. The maximum absolute atomic E-state index is 12.0. The van der Waals surface area contributed by atoms with Gasteiger partial charge in [-0.1, -0.05) is 27.2 Å². The summed E-state index contributed by atoms with van der Waals surface area (Å²) in [7, 11) is 0. The van der Waals surface area contributed by atoms with E-state index < -0.39 is 0 Å². The highest BCUT2D eigenvalue weighted by atomic mass is 79.9. The predicted octanol–water partition coefficient (Wildman–Crippen LogP) is 2.40. The first-order valence-corrected chi connectivity index (χ1v) is 6.84. The molecule has 0 radical (unpaired) electrons. The minimum absolute atomic E-state index is 0.0809. The number of hydrogen-bond acceptors (Lipinski definition) is 3. The maximum atomic E-state index is 12.0. The van der Waals surface area contributed by atoms with Crippen LogP contribution in [0.25, 0.3) is 0 Å². The SMILES string of the molecule is Cc1ccc(Br)cc1C(=O)NCCCCC(N)=NO. The molecule has 0 bridgehead atoms. The number of nitrogens with two attached hydrogens (primary N) is 1. The minimum atomic E-state index is -0.0809. The number of halogens is 1. The Labute approximate surface area is 121 Å². The van der Waals surface area contributed by atoms with Crippen molar-refractivity contribution >= 4 is 27.7 Å². The van der Waals surface area contributed by atoms with Crippen LogP contribution < -0.4 is 11.1 Å². The fourth-order valence-corrected chi connectivity index (χ4v) is 1.98. The summed E-state index contributed by atoms with van der Waals surface area (Å²) in [5.41, 5.74) is 6.96. The number of nitrogens with one attached hydrogen (secondary N) is 1. The summed E-state index contributed by atoms with van der Waals surface area (Å²) in [6, 6.07) is 5.61. The second-order valence-corrected chi connectivity index (χ2v) is 5.18. The van der Waals surface area contributed by atoms with Gasteiger partial charge in [0.05, 0.1) is 0 Å². The Morgan fingerprint density at radius 1 is 1.47 bits per heavy atom. The topological polar surface area (TPSA) is 87.7 Å². The fourth-order valence-electron chi connectivity index (χ4n) is 1.62. The van der Waals surface area contributed by atoms with Crippen molar-refractivity contribution < 1.29 is 10.0 Å². The highest BCUT2D eigenvalue weighted by Gasteiger charge is 2.08. The summed E-state index contributed by atoms with van der Waals surface area (Å²) in [5, 5.41) is 14.1. The molecule has 5 nitrogen and oxygen atoms in total. The summed E-state index contributed by atoms with van der Waals surface area (Å²) in [5.74, 6) is 0.136. The van der Waals surface area contributed by atoms with Crippen LogP contribution in [0.5, 0.6) is 0 Å². The first kappa shape index (κ1) is 15.5. The number of nitrogens with zero attached hydrogens (tertiary/aromatic N) is 1. The number of carbonyl (C=O) groups is 1. The van der Waals surface area contributed by atoms with E-state index in [1.807, 2.05) is 19.1 Å². The largest absolute Gasteiger partial charge is 0.409 e. The van der Waals surface area contributed by atoms with Crippen LogP contribution in [0.3, 0.4) is 0 Å². The van der Waals surface area contributed by atoms with Gasteiger partial charge in [0.2, 0.25) is 0 Å². The molecule has 4 N–H and O–H groups in total. The molecule has 104 valence electrons. The summed E-state index contributed by atoms with van der Waals surface area (Å²) in [6.07, 6.45) is 2.09. The molecule has 1 aromatic rings. The first-order valence-electron chi connectivity index (χ1n) is 6.05. The van der Waals surface area contributed by atoms with Crippen molar-refractivity contribution in [3.63, 3.8) is 0 Å². The fraction of sp³-hybridized carbons (Fsp3) is 0.385. The summed E-state index contributed by atoms with van der Waals surface area (Å²) in [4.78, 5) is 12.0. The number of aryl methyl sites for hydroxylation is 1. The molecule has 0 atom stereocenters. The molecule has 0 saturated heterocycles. The quantitative estimate of drug-likeness (QED) is 0.246. The number of unbranched alkanes of at least 4 members (excludes halogenated alkanes) is 1. The Hall–Kier alpha value is -1.56. The van der Waals surface area contributed by atoms with Gasteiger partial charge in [-0.2, -0.15) is 0 Å². The summed E-state index contributed by atoms with van der Waals surface area (Å²) in [6.45, 7) is 2.48. The van der Waals surface area contributed by atoms with E-state index in [0.29, 0.717) is 18.5 Å². The molecule has 0 fully saturated rings. The lowest BCUT2D eigenvalue weighted by molar-refractivity contribution is 0.0952. The molecule has 0 unspecified atom stereocenters. The lowest BCUT2D eigenvalue weighted by Crippen LogP contribution is -2.25. The number of rotatable bonds is 6. The molecule has 0 aliphatic heterocycles. The monoisotopic (exact) mass is 327 g/mol. The van der Waals surface area contributed by atoms with Crippen molar-refractivity contribution in [3.8, 4) is 0 Å². The van der Waals surface area contributed by atoms with Crippen LogP contribution in [0.4, 0.5) is 0 Å². The number of benzene rings is 1. The zero-order valence-corrected chi connectivity index (χ0v) is 12.4. The molecule has 0 saturated carbocycles. The normalized spacial score (nSPS) is 11.4. The molecular formula is C13H18BrN3O2. The van der Waals surface area contributed by atoms with Gasteiger partial charge in [0.1, 0.15) is 5.84 Å². The van der Waals surface area contributed by atoms with Crippen LogP contribution in [-0.2, 0) is 0 Å². The molecule has 1 amide bonds. The van der Waals surface area contributed by atoms with Crippen LogP contribution >= 0.6 is 15.9 Å². The molecule has 1 rings (SSSR count). The van der Waals surface area contributed by atoms with Crippen LogP contribution in [0, 0.1) is 6.92 Å². The van der Waals surface area contributed by atoms with E-state index in [0.717, 1.165) is 22.9 Å². The van der Waals surface area contributed by atoms with E-state index >= 15 is 0 Å². The summed E-state index contributed by atoms with van der Waals surface area (Å²) < 4.78 is 0.884. The zero-order chi connectivity index (χ0) is 14.3. The smallest absolute Gasteiger partial charge is 0.251 e. The van der Waals surface area contributed by atoms with Crippen molar-refractivity contribution in [2.24, 2.45) is 10.9 Å².